The molecular weight excluding hydrogens is 368 g/mol. The Hall–Kier alpha value is -2.21. The normalized spacial score (nSPS) is 14.0. The molecule has 24 heavy (non-hydrogen) atoms. The fourth-order valence-electron chi connectivity index (χ4n) is 3.16. The Kier molecular flexibility index (Phi) is 3.84. The van der Waals surface area contributed by atoms with Crippen molar-refractivity contribution < 1.29 is 4.79 Å². The van der Waals surface area contributed by atoms with Crippen LogP contribution in [0.25, 0.3) is 5.65 Å². The van der Waals surface area contributed by atoms with Gasteiger partial charge < -0.3 is 4.90 Å². The van der Waals surface area contributed by atoms with Crippen LogP contribution in [0, 0.1) is 6.92 Å². The minimum atomic E-state index is 0.153. The van der Waals surface area contributed by atoms with E-state index in [1.165, 1.54) is 5.69 Å². The van der Waals surface area contributed by atoms with E-state index in [2.05, 4.69) is 26.0 Å². The van der Waals surface area contributed by atoms with Crippen molar-refractivity contribution in [2.45, 2.75) is 26.3 Å². The number of benzene rings is 1. The maximum Gasteiger partial charge on any atom is 0.227 e. The number of aromatic nitrogens is 3. The average Bonchev–Trinajstić information content (AvgIpc) is 2.97. The third-order valence-electron chi connectivity index (χ3n) is 4.39. The molecule has 0 radical (unpaired) electrons. The number of hydrogen-bond donors (Lipinski definition) is 0. The number of nitrogens with zero attached hydrogens (tertiary/aromatic N) is 4. The van der Waals surface area contributed by atoms with Crippen LogP contribution in [0.1, 0.15) is 22.5 Å². The predicted octanol–water partition coefficient (Wildman–Crippen LogP) is 2.93. The summed E-state index contributed by atoms with van der Waals surface area (Å²) in [6, 6.07) is 9.88. The molecule has 6 heteroatoms. The molecule has 1 aliphatic heterocycles. The first-order chi connectivity index (χ1) is 11.6. The minimum Gasteiger partial charge on any atom is -0.338 e. The minimum absolute atomic E-state index is 0.153. The molecule has 0 bridgehead atoms. The molecule has 1 amide bonds. The molecule has 0 aliphatic carbocycles. The first-order valence-corrected chi connectivity index (χ1v) is 8.75. The topological polar surface area (TPSA) is 50.5 Å². The van der Waals surface area contributed by atoms with Crippen molar-refractivity contribution in [2.75, 3.05) is 6.54 Å². The van der Waals surface area contributed by atoms with E-state index in [1.807, 2.05) is 52.9 Å². The Balaban J connectivity index is 1.54. The molecule has 0 saturated heterocycles. The van der Waals surface area contributed by atoms with E-state index in [0.29, 0.717) is 13.0 Å². The maximum absolute atomic E-state index is 12.6. The number of amides is 1. The van der Waals surface area contributed by atoms with Gasteiger partial charge in [0.25, 0.3) is 0 Å². The second-order valence-corrected chi connectivity index (χ2v) is 7.07. The number of aryl methyl sites for hydroxylation is 1. The van der Waals surface area contributed by atoms with Crippen LogP contribution in [-0.2, 0) is 24.2 Å². The molecule has 0 N–H and O–H groups in total. The largest absolute Gasteiger partial charge is 0.338 e. The number of halogens is 1. The molecule has 5 nitrogen and oxygen atoms in total. The molecule has 2 aromatic heterocycles. The van der Waals surface area contributed by atoms with E-state index >= 15 is 0 Å². The second kappa shape index (κ2) is 6.02. The van der Waals surface area contributed by atoms with E-state index < -0.39 is 0 Å². The van der Waals surface area contributed by atoms with Gasteiger partial charge in [0.2, 0.25) is 5.91 Å². The second-order valence-electron chi connectivity index (χ2n) is 6.15. The summed E-state index contributed by atoms with van der Waals surface area (Å²) >= 11 is 3.42. The van der Waals surface area contributed by atoms with Gasteiger partial charge in [-0.1, -0.05) is 28.1 Å². The summed E-state index contributed by atoms with van der Waals surface area (Å²) in [6.07, 6.45) is 3.12. The van der Waals surface area contributed by atoms with Crippen LogP contribution in [0.5, 0.6) is 0 Å². The van der Waals surface area contributed by atoms with Crippen LogP contribution in [0.3, 0.4) is 0 Å². The average molecular weight is 385 g/mol. The Labute approximate surface area is 148 Å². The molecule has 3 heterocycles. The third-order valence-corrected chi connectivity index (χ3v) is 4.92. The quantitative estimate of drug-likeness (QED) is 0.682. The molecule has 122 valence electrons. The maximum atomic E-state index is 12.6. The lowest BCUT2D eigenvalue weighted by Crippen LogP contribution is -2.37. The Morgan fingerprint density at radius 3 is 2.88 bits per heavy atom. The summed E-state index contributed by atoms with van der Waals surface area (Å²) in [5.74, 6) is 0.153. The van der Waals surface area contributed by atoms with Crippen LogP contribution in [0.2, 0.25) is 0 Å². The molecule has 1 aliphatic rings. The van der Waals surface area contributed by atoms with Crippen LogP contribution in [0.15, 0.2) is 41.0 Å². The van der Waals surface area contributed by atoms with Crippen molar-refractivity contribution in [3.05, 3.63) is 63.5 Å². The van der Waals surface area contributed by atoms with Gasteiger partial charge in [-0.3, -0.25) is 4.79 Å². The van der Waals surface area contributed by atoms with Crippen molar-refractivity contribution in [1.29, 1.82) is 0 Å². The highest BCUT2D eigenvalue weighted by Crippen LogP contribution is 2.21. The van der Waals surface area contributed by atoms with Crippen molar-refractivity contribution in [1.82, 2.24) is 19.5 Å². The van der Waals surface area contributed by atoms with Gasteiger partial charge >= 0.3 is 0 Å². The zero-order valence-corrected chi connectivity index (χ0v) is 15.0. The fraction of sp³-hybridized carbons (Fsp3) is 0.278. The first kappa shape index (κ1) is 15.3. The van der Waals surface area contributed by atoms with Crippen molar-refractivity contribution in [3.63, 3.8) is 0 Å². The summed E-state index contributed by atoms with van der Waals surface area (Å²) in [4.78, 5) is 19.0. The molecule has 0 fully saturated rings. The van der Waals surface area contributed by atoms with Gasteiger partial charge in [0.1, 0.15) is 0 Å². The number of hydrogen-bond acceptors (Lipinski definition) is 3. The Bertz CT molecular complexity index is 917. The molecule has 4 rings (SSSR count). The van der Waals surface area contributed by atoms with E-state index in [1.54, 1.807) is 0 Å². The number of carbonyl (C=O) groups excluding carboxylic acids is 1. The molecule has 0 spiro atoms. The van der Waals surface area contributed by atoms with Gasteiger partial charge in [0.05, 0.1) is 17.8 Å². The molecule has 0 unspecified atom stereocenters. The highest BCUT2D eigenvalue weighted by molar-refractivity contribution is 9.10. The van der Waals surface area contributed by atoms with Crippen LogP contribution in [0.4, 0.5) is 0 Å². The lowest BCUT2D eigenvalue weighted by molar-refractivity contribution is -0.131. The zero-order chi connectivity index (χ0) is 16.7. The summed E-state index contributed by atoms with van der Waals surface area (Å²) in [5, 5.41) is 4.52. The molecule has 0 atom stereocenters. The highest BCUT2D eigenvalue weighted by Gasteiger charge is 2.23. The SMILES string of the molecule is Cc1cc2ncc3c(n2n1)CCN(C(=O)Cc1ccc(Br)cc1)C3. The van der Waals surface area contributed by atoms with Crippen LogP contribution < -0.4 is 0 Å². The van der Waals surface area contributed by atoms with Gasteiger partial charge in [-0.25, -0.2) is 9.50 Å². The Morgan fingerprint density at radius 2 is 2.08 bits per heavy atom. The van der Waals surface area contributed by atoms with Crippen molar-refractivity contribution in [2.24, 2.45) is 0 Å². The van der Waals surface area contributed by atoms with Crippen molar-refractivity contribution >= 4 is 27.5 Å². The van der Waals surface area contributed by atoms with Gasteiger partial charge in [0, 0.05) is 41.8 Å². The predicted molar refractivity (Wildman–Crippen MR) is 94.7 cm³/mol. The fourth-order valence-corrected chi connectivity index (χ4v) is 3.42. The lowest BCUT2D eigenvalue weighted by atomic mass is 10.1. The van der Waals surface area contributed by atoms with Gasteiger partial charge in [-0.05, 0) is 24.6 Å². The van der Waals surface area contributed by atoms with E-state index in [4.69, 9.17) is 0 Å². The summed E-state index contributed by atoms with van der Waals surface area (Å²) in [5.41, 5.74) is 5.12. The van der Waals surface area contributed by atoms with Crippen molar-refractivity contribution in [3.8, 4) is 0 Å². The standard InChI is InChI=1S/C18H17BrN4O/c1-12-8-17-20-10-14-11-22(7-6-16(14)23(17)21-12)18(24)9-13-2-4-15(19)5-3-13/h2-5,8,10H,6-7,9,11H2,1H3. The highest BCUT2D eigenvalue weighted by atomic mass is 79.9. The smallest absolute Gasteiger partial charge is 0.227 e. The molecular formula is C18H17BrN4O. The first-order valence-electron chi connectivity index (χ1n) is 7.95. The summed E-state index contributed by atoms with van der Waals surface area (Å²) in [7, 11) is 0. The number of rotatable bonds is 2. The number of carbonyl (C=O) groups is 1. The van der Waals surface area contributed by atoms with E-state index in [-0.39, 0.29) is 5.91 Å². The lowest BCUT2D eigenvalue weighted by Gasteiger charge is -2.28. The van der Waals surface area contributed by atoms with E-state index in [0.717, 1.165) is 39.9 Å². The van der Waals surface area contributed by atoms with Gasteiger partial charge in [-0.15, -0.1) is 0 Å². The Morgan fingerprint density at radius 1 is 1.29 bits per heavy atom. The van der Waals surface area contributed by atoms with E-state index in [9.17, 15) is 4.79 Å². The molecule has 0 saturated carbocycles. The summed E-state index contributed by atoms with van der Waals surface area (Å²) < 4.78 is 2.94. The van der Waals surface area contributed by atoms with Crippen LogP contribution in [-0.4, -0.2) is 31.9 Å². The zero-order valence-electron chi connectivity index (χ0n) is 13.4. The number of fused-ring (bicyclic) bond motifs is 3. The third kappa shape index (κ3) is 2.82. The molecule has 3 aromatic rings. The van der Waals surface area contributed by atoms with Gasteiger partial charge in [0.15, 0.2) is 5.65 Å². The monoisotopic (exact) mass is 384 g/mol. The van der Waals surface area contributed by atoms with Crippen LogP contribution >= 0.6 is 15.9 Å². The summed E-state index contributed by atoms with van der Waals surface area (Å²) in [6.45, 7) is 3.30. The van der Waals surface area contributed by atoms with Gasteiger partial charge in [-0.2, -0.15) is 5.10 Å². The molecule has 1 aromatic carbocycles.